The van der Waals surface area contributed by atoms with Crippen LogP contribution >= 0.6 is 0 Å². The normalized spacial score (nSPS) is 9.55. The summed E-state index contributed by atoms with van der Waals surface area (Å²) in [5.41, 5.74) is 0. The van der Waals surface area contributed by atoms with Gasteiger partial charge in [-0.1, -0.05) is 12.8 Å². The largest absolute Gasteiger partial charge is 0.481 e. The number of nitrogens with zero attached hydrogens (tertiary/aromatic N) is 1. The number of carbonyl (C=O) groups is 1. The molecule has 0 atom stereocenters. The minimum Gasteiger partial charge on any atom is -0.481 e. The van der Waals surface area contributed by atoms with E-state index in [-0.39, 0.29) is 6.42 Å². The van der Waals surface area contributed by atoms with Crippen molar-refractivity contribution in [3.05, 3.63) is 0 Å². The van der Waals surface area contributed by atoms with E-state index in [0.717, 1.165) is 6.54 Å². The molecule has 0 amide bonds. The quantitative estimate of drug-likeness (QED) is 0.585. The molecule has 0 radical (unpaired) electrons. The summed E-state index contributed by atoms with van der Waals surface area (Å²) in [7, 11) is 0. The van der Waals surface area contributed by atoms with Gasteiger partial charge < -0.3 is 5.11 Å². The van der Waals surface area contributed by atoms with Crippen LogP contribution in [0.15, 0.2) is 0 Å². The smallest absolute Gasteiger partial charge is 0.304 e. The monoisotopic (exact) mass is 155 g/mol. The van der Waals surface area contributed by atoms with Gasteiger partial charge >= 0.3 is 5.97 Å². The Bertz CT molecular complexity index is 160. The van der Waals surface area contributed by atoms with Gasteiger partial charge in [0.15, 0.2) is 0 Å². The van der Waals surface area contributed by atoms with E-state index in [2.05, 4.69) is 5.92 Å². The van der Waals surface area contributed by atoms with Crippen LogP contribution < -0.4 is 0 Å². The highest BCUT2D eigenvalue weighted by molar-refractivity contribution is 5.66. The second-order valence-corrected chi connectivity index (χ2v) is 2.22. The highest BCUT2D eigenvalue weighted by Crippen LogP contribution is 1.89. The van der Waals surface area contributed by atoms with Crippen LogP contribution in [0.2, 0.25) is 0 Å². The third-order valence-electron chi connectivity index (χ3n) is 1.40. The zero-order valence-electron chi connectivity index (χ0n) is 6.71. The molecule has 0 aromatic rings. The van der Waals surface area contributed by atoms with Crippen LogP contribution in [0.3, 0.4) is 0 Å². The van der Waals surface area contributed by atoms with Gasteiger partial charge in [0.25, 0.3) is 0 Å². The Balaban J connectivity index is 3.53. The molecule has 0 unspecified atom stereocenters. The van der Waals surface area contributed by atoms with Crippen LogP contribution in [-0.4, -0.2) is 35.6 Å². The molecule has 0 saturated carbocycles. The molecule has 0 bridgehead atoms. The molecule has 0 spiro atoms. The molecule has 62 valence electrons. The molecule has 0 heterocycles. The van der Waals surface area contributed by atoms with Crippen LogP contribution in [0.25, 0.3) is 0 Å². The van der Waals surface area contributed by atoms with Crippen molar-refractivity contribution < 1.29 is 9.90 Å². The van der Waals surface area contributed by atoms with Gasteiger partial charge in [0.1, 0.15) is 0 Å². The number of hydrogen-bond acceptors (Lipinski definition) is 2. The third-order valence-corrected chi connectivity index (χ3v) is 1.40. The van der Waals surface area contributed by atoms with E-state index in [1.165, 1.54) is 0 Å². The van der Waals surface area contributed by atoms with Gasteiger partial charge in [-0.25, -0.2) is 0 Å². The van der Waals surface area contributed by atoms with Gasteiger partial charge in [-0.05, 0) is 6.54 Å². The van der Waals surface area contributed by atoms with Crippen molar-refractivity contribution in [3.8, 4) is 12.3 Å². The molecule has 3 heteroatoms. The van der Waals surface area contributed by atoms with E-state index >= 15 is 0 Å². The highest BCUT2D eigenvalue weighted by atomic mass is 16.4. The van der Waals surface area contributed by atoms with Crippen LogP contribution in [-0.2, 0) is 4.79 Å². The predicted octanol–water partition coefficient (Wildman–Crippen LogP) is 0.416. The first kappa shape index (κ1) is 9.99. The highest BCUT2D eigenvalue weighted by Gasteiger charge is 2.02. The summed E-state index contributed by atoms with van der Waals surface area (Å²) in [5, 5.41) is 8.35. The van der Waals surface area contributed by atoms with Gasteiger partial charge in [0.05, 0.1) is 13.0 Å². The summed E-state index contributed by atoms with van der Waals surface area (Å²) in [4.78, 5) is 12.1. The lowest BCUT2D eigenvalue weighted by Crippen LogP contribution is -2.26. The van der Waals surface area contributed by atoms with E-state index < -0.39 is 5.97 Å². The van der Waals surface area contributed by atoms with Crippen molar-refractivity contribution in [2.24, 2.45) is 0 Å². The summed E-state index contributed by atoms with van der Waals surface area (Å²) < 4.78 is 0. The minimum atomic E-state index is -0.777. The maximum absolute atomic E-state index is 10.1. The fourth-order valence-corrected chi connectivity index (χ4v) is 0.732. The molecule has 0 rings (SSSR count). The lowest BCUT2D eigenvalue weighted by atomic mass is 10.4. The number of carboxylic acids is 1. The van der Waals surface area contributed by atoms with Gasteiger partial charge in [-0.3, -0.25) is 9.69 Å². The number of terminal acetylenes is 1. The number of rotatable bonds is 5. The zero-order valence-corrected chi connectivity index (χ0v) is 6.71. The van der Waals surface area contributed by atoms with E-state index in [4.69, 9.17) is 11.5 Å². The Hall–Kier alpha value is -1.01. The Morgan fingerprint density at radius 2 is 2.36 bits per heavy atom. The Morgan fingerprint density at radius 1 is 1.73 bits per heavy atom. The van der Waals surface area contributed by atoms with Crippen LogP contribution in [0.1, 0.15) is 13.3 Å². The number of aliphatic carboxylic acids is 1. The molecule has 1 N–H and O–H groups in total. The summed E-state index contributed by atoms with van der Waals surface area (Å²) >= 11 is 0. The maximum atomic E-state index is 10.1. The first-order chi connectivity index (χ1) is 5.20. The van der Waals surface area contributed by atoms with Gasteiger partial charge in [-0.2, -0.15) is 0 Å². The van der Waals surface area contributed by atoms with Crippen LogP contribution in [0, 0.1) is 12.3 Å². The molecule has 0 aliphatic rings. The average Bonchev–Trinajstić information content (AvgIpc) is 1.97. The van der Waals surface area contributed by atoms with Crippen molar-refractivity contribution in [3.63, 3.8) is 0 Å². The van der Waals surface area contributed by atoms with Crippen molar-refractivity contribution in [1.29, 1.82) is 0 Å². The lowest BCUT2D eigenvalue weighted by Gasteiger charge is -2.15. The zero-order chi connectivity index (χ0) is 8.69. The number of hydrogen-bond donors (Lipinski definition) is 1. The van der Waals surface area contributed by atoms with Crippen molar-refractivity contribution in [1.82, 2.24) is 4.90 Å². The topological polar surface area (TPSA) is 40.5 Å². The van der Waals surface area contributed by atoms with E-state index in [0.29, 0.717) is 13.1 Å². The molecular formula is C8H13NO2. The van der Waals surface area contributed by atoms with Gasteiger partial charge in [-0.15, -0.1) is 6.42 Å². The average molecular weight is 155 g/mol. The molecule has 0 fully saturated rings. The van der Waals surface area contributed by atoms with Crippen LogP contribution in [0.4, 0.5) is 0 Å². The SMILES string of the molecule is C#CCN(CC)CCC(=O)O. The second kappa shape index (κ2) is 5.75. The van der Waals surface area contributed by atoms with Crippen molar-refractivity contribution in [2.75, 3.05) is 19.6 Å². The van der Waals surface area contributed by atoms with Crippen molar-refractivity contribution in [2.45, 2.75) is 13.3 Å². The Kier molecular flexibility index (Phi) is 5.22. The Morgan fingerprint density at radius 3 is 2.73 bits per heavy atom. The first-order valence-corrected chi connectivity index (χ1v) is 3.58. The second-order valence-electron chi connectivity index (χ2n) is 2.22. The fourth-order valence-electron chi connectivity index (χ4n) is 0.732. The van der Waals surface area contributed by atoms with E-state index in [9.17, 15) is 4.79 Å². The summed E-state index contributed by atoms with van der Waals surface area (Å²) in [5.74, 6) is 1.70. The van der Waals surface area contributed by atoms with E-state index in [1.807, 2.05) is 11.8 Å². The van der Waals surface area contributed by atoms with E-state index in [1.54, 1.807) is 0 Å². The molecule has 3 nitrogen and oxygen atoms in total. The number of carboxylic acid groups (broad SMARTS) is 1. The Labute approximate surface area is 67.0 Å². The molecule has 0 aromatic carbocycles. The molecule has 0 saturated heterocycles. The summed E-state index contributed by atoms with van der Waals surface area (Å²) in [6, 6.07) is 0. The molecule has 11 heavy (non-hydrogen) atoms. The molecule has 0 aromatic heterocycles. The van der Waals surface area contributed by atoms with Gasteiger partial charge in [0, 0.05) is 6.54 Å². The third kappa shape index (κ3) is 5.43. The molecular weight excluding hydrogens is 142 g/mol. The predicted molar refractivity (Wildman–Crippen MR) is 43.2 cm³/mol. The summed E-state index contributed by atoms with van der Waals surface area (Å²) in [6.45, 7) is 3.83. The molecule has 0 aliphatic carbocycles. The van der Waals surface area contributed by atoms with Crippen molar-refractivity contribution >= 4 is 5.97 Å². The molecule has 0 aliphatic heterocycles. The lowest BCUT2D eigenvalue weighted by molar-refractivity contribution is -0.137. The fraction of sp³-hybridized carbons (Fsp3) is 0.625. The summed E-state index contributed by atoms with van der Waals surface area (Å²) in [6.07, 6.45) is 5.23. The van der Waals surface area contributed by atoms with Gasteiger partial charge in [0.2, 0.25) is 0 Å². The first-order valence-electron chi connectivity index (χ1n) is 3.58. The maximum Gasteiger partial charge on any atom is 0.304 e. The van der Waals surface area contributed by atoms with Crippen LogP contribution in [0.5, 0.6) is 0 Å². The standard InChI is InChI=1S/C8H13NO2/c1-3-6-9(4-2)7-5-8(10)11/h1H,4-7H2,2H3,(H,10,11). The minimum absolute atomic E-state index is 0.162.